The van der Waals surface area contributed by atoms with Gasteiger partial charge in [-0.15, -0.1) is 0 Å². The van der Waals surface area contributed by atoms with Crippen molar-refractivity contribution in [1.29, 1.82) is 0 Å². The molecule has 0 aliphatic heterocycles. The number of phenols is 1. The fourth-order valence-electron chi connectivity index (χ4n) is 2.58. The van der Waals surface area contributed by atoms with Gasteiger partial charge in [0.15, 0.2) is 0 Å². The molecule has 2 aromatic carbocycles. The second-order valence-corrected chi connectivity index (χ2v) is 6.42. The monoisotopic (exact) mass is 409 g/mol. The zero-order valence-electron chi connectivity index (χ0n) is 13.7. The Balaban J connectivity index is 2.40. The highest BCUT2D eigenvalue weighted by molar-refractivity contribution is 9.10. The van der Waals surface area contributed by atoms with Crippen LogP contribution < -0.4 is 0 Å². The quantitative estimate of drug-likeness (QED) is 0.584. The molecule has 0 aliphatic rings. The third-order valence-corrected chi connectivity index (χ3v) is 4.30. The smallest absolute Gasteiger partial charge is 0.327 e. The maximum absolute atomic E-state index is 13.6. The van der Waals surface area contributed by atoms with Gasteiger partial charge in [-0.05, 0) is 42.9 Å². The molecular weight excluding hydrogens is 393 g/mol. The van der Waals surface area contributed by atoms with Crippen molar-refractivity contribution >= 4 is 28.2 Å². The van der Waals surface area contributed by atoms with Gasteiger partial charge in [0.1, 0.15) is 23.9 Å². The van der Waals surface area contributed by atoms with Gasteiger partial charge in [0, 0.05) is 22.1 Å². The summed E-state index contributed by atoms with van der Waals surface area (Å²) in [4.78, 5) is 25.1. The molecule has 1 unspecified atom stereocenters. The Bertz CT molecular complexity index is 797. The van der Waals surface area contributed by atoms with E-state index in [1.54, 1.807) is 30.1 Å². The van der Waals surface area contributed by atoms with Crippen LogP contribution in [-0.4, -0.2) is 36.4 Å². The predicted octanol–water partition coefficient (Wildman–Crippen LogP) is 3.45. The van der Waals surface area contributed by atoms with Gasteiger partial charge in [-0.3, -0.25) is 9.69 Å². The van der Waals surface area contributed by atoms with E-state index in [2.05, 4.69) is 15.9 Å². The summed E-state index contributed by atoms with van der Waals surface area (Å²) in [6.07, 6.45) is 0.723. The van der Waals surface area contributed by atoms with E-state index < -0.39 is 17.8 Å². The van der Waals surface area contributed by atoms with Gasteiger partial charge in [-0.1, -0.05) is 22.0 Å². The average Bonchev–Trinajstić information content (AvgIpc) is 2.59. The molecule has 2 aromatic rings. The summed E-state index contributed by atoms with van der Waals surface area (Å²) in [7, 11) is 2.85. The molecule has 0 heterocycles. The summed E-state index contributed by atoms with van der Waals surface area (Å²) < 4.78 is 19.2. The van der Waals surface area contributed by atoms with Gasteiger partial charge in [0.2, 0.25) is 0 Å². The van der Waals surface area contributed by atoms with Crippen LogP contribution >= 0.6 is 15.9 Å². The highest BCUT2D eigenvalue weighted by atomic mass is 79.9. The number of esters is 1. The molecular formula is C18H17BrFNO4. The number of nitrogens with zero attached hydrogens (tertiary/aromatic N) is 1. The third kappa shape index (κ3) is 4.43. The van der Waals surface area contributed by atoms with E-state index >= 15 is 0 Å². The standard InChI is InChI=1S/C18H17BrFNO4/c1-21(9-11-3-4-13(19)7-12(11)10-22)17(18(24)25-2)15-8-14(20)5-6-16(15)23/h3-8,10,17,23H,9H2,1-2H3. The van der Waals surface area contributed by atoms with Crippen LogP contribution in [0.4, 0.5) is 4.39 Å². The Labute approximate surface area is 153 Å². The van der Waals surface area contributed by atoms with Gasteiger partial charge >= 0.3 is 5.97 Å². The Morgan fingerprint density at radius 3 is 2.72 bits per heavy atom. The minimum absolute atomic E-state index is 0.0964. The van der Waals surface area contributed by atoms with Crippen molar-refractivity contribution in [2.45, 2.75) is 12.6 Å². The zero-order chi connectivity index (χ0) is 18.6. The van der Waals surface area contributed by atoms with Crippen LogP contribution in [0, 0.1) is 5.82 Å². The van der Waals surface area contributed by atoms with E-state index in [0.717, 1.165) is 22.9 Å². The first-order valence-corrected chi connectivity index (χ1v) is 8.16. The molecule has 5 nitrogen and oxygen atoms in total. The van der Waals surface area contributed by atoms with Gasteiger partial charge in [0.25, 0.3) is 0 Å². The van der Waals surface area contributed by atoms with E-state index in [4.69, 9.17) is 4.74 Å². The van der Waals surface area contributed by atoms with Crippen LogP contribution in [0.2, 0.25) is 0 Å². The van der Waals surface area contributed by atoms with Crippen LogP contribution in [0.15, 0.2) is 40.9 Å². The predicted molar refractivity (Wildman–Crippen MR) is 93.8 cm³/mol. The first-order valence-electron chi connectivity index (χ1n) is 7.37. The lowest BCUT2D eigenvalue weighted by atomic mass is 10.0. The first kappa shape index (κ1) is 19.1. The zero-order valence-corrected chi connectivity index (χ0v) is 15.3. The van der Waals surface area contributed by atoms with Crippen molar-refractivity contribution in [3.05, 3.63) is 63.4 Å². The number of rotatable bonds is 6. The lowest BCUT2D eigenvalue weighted by molar-refractivity contribution is -0.147. The van der Waals surface area contributed by atoms with E-state index in [0.29, 0.717) is 11.1 Å². The van der Waals surface area contributed by atoms with Gasteiger partial charge in [-0.25, -0.2) is 9.18 Å². The summed E-state index contributed by atoms with van der Waals surface area (Å²) in [6.45, 7) is 0.219. The number of aldehydes is 1. The number of methoxy groups -OCH3 is 1. The van der Waals surface area contributed by atoms with Crippen molar-refractivity contribution in [3.63, 3.8) is 0 Å². The minimum atomic E-state index is -1.02. The maximum atomic E-state index is 13.6. The average molecular weight is 410 g/mol. The van der Waals surface area contributed by atoms with E-state index in [9.17, 15) is 19.1 Å². The molecule has 2 rings (SSSR count). The maximum Gasteiger partial charge on any atom is 0.327 e. The molecule has 7 heteroatoms. The van der Waals surface area contributed by atoms with Crippen molar-refractivity contribution < 1.29 is 23.8 Å². The van der Waals surface area contributed by atoms with E-state index in [-0.39, 0.29) is 17.9 Å². The molecule has 1 N–H and O–H groups in total. The van der Waals surface area contributed by atoms with Crippen molar-refractivity contribution in [3.8, 4) is 5.75 Å². The highest BCUT2D eigenvalue weighted by Gasteiger charge is 2.29. The number of carbonyl (C=O) groups is 2. The van der Waals surface area contributed by atoms with Gasteiger partial charge < -0.3 is 9.84 Å². The Morgan fingerprint density at radius 2 is 2.08 bits per heavy atom. The summed E-state index contributed by atoms with van der Waals surface area (Å²) in [5.41, 5.74) is 1.25. The van der Waals surface area contributed by atoms with Crippen LogP contribution in [0.25, 0.3) is 0 Å². The number of phenolic OH excluding ortho intramolecular Hbond substituents is 1. The SMILES string of the molecule is COC(=O)C(c1cc(F)ccc1O)N(C)Cc1ccc(Br)cc1C=O. The molecule has 0 aliphatic carbocycles. The molecule has 25 heavy (non-hydrogen) atoms. The summed E-state index contributed by atoms with van der Waals surface area (Å²) >= 11 is 3.30. The summed E-state index contributed by atoms with van der Waals surface area (Å²) in [5.74, 6) is -1.43. The number of aromatic hydroxyl groups is 1. The topological polar surface area (TPSA) is 66.8 Å². The van der Waals surface area contributed by atoms with E-state index in [1.165, 1.54) is 13.2 Å². The molecule has 0 radical (unpaired) electrons. The Kier molecular flexibility index (Phi) is 6.27. The number of hydrogen-bond acceptors (Lipinski definition) is 5. The molecule has 0 amide bonds. The number of hydrogen-bond donors (Lipinski definition) is 1. The van der Waals surface area contributed by atoms with Gasteiger partial charge in [-0.2, -0.15) is 0 Å². The lowest BCUT2D eigenvalue weighted by Crippen LogP contribution is -2.32. The second-order valence-electron chi connectivity index (χ2n) is 5.50. The second kappa shape index (κ2) is 8.22. The van der Waals surface area contributed by atoms with E-state index in [1.807, 2.05) is 0 Å². The largest absolute Gasteiger partial charge is 0.508 e. The van der Waals surface area contributed by atoms with Gasteiger partial charge in [0.05, 0.1) is 7.11 Å². The van der Waals surface area contributed by atoms with Crippen LogP contribution in [0.5, 0.6) is 5.75 Å². The molecule has 0 bridgehead atoms. The lowest BCUT2D eigenvalue weighted by Gasteiger charge is -2.27. The van der Waals surface area contributed by atoms with Crippen molar-refractivity contribution in [2.24, 2.45) is 0 Å². The number of carbonyl (C=O) groups excluding carboxylic acids is 2. The third-order valence-electron chi connectivity index (χ3n) is 3.80. The normalized spacial score (nSPS) is 12.0. The molecule has 132 valence electrons. The molecule has 0 saturated carbocycles. The van der Waals surface area contributed by atoms with Crippen LogP contribution in [0.3, 0.4) is 0 Å². The fourth-order valence-corrected chi connectivity index (χ4v) is 2.96. The summed E-state index contributed by atoms with van der Waals surface area (Å²) in [5, 5.41) is 10.0. The minimum Gasteiger partial charge on any atom is -0.508 e. The number of ether oxygens (including phenoxy) is 1. The number of likely N-dealkylation sites (N-methyl/N-ethyl adjacent to an activating group) is 1. The molecule has 0 saturated heterocycles. The molecule has 1 atom stereocenters. The summed E-state index contributed by atoms with van der Waals surface area (Å²) in [6, 6.07) is 7.56. The number of benzene rings is 2. The molecule has 0 spiro atoms. The number of halogens is 2. The first-order chi connectivity index (χ1) is 11.9. The Hall–Kier alpha value is -2.25. The molecule has 0 fully saturated rings. The van der Waals surface area contributed by atoms with Crippen molar-refractivity contribution in [2.75, 3.05) is 14.2 Å². The van der Waals surface area contributed by atoms with Crippen LogP contribution in [0.1, 0.15) is 27.5 Å². The highest BCUT2D eigenvalue weighted by Crippen LogP contribution is 2.31. The molecule has 0 aromatic heterocycles. The Morgan fingerprint density at radius 1 is 1.36 bits per heavy atom. The fraction of sp³-hybridized carbons (Fsp3) is 0.222. The van der Waals surface area contributed by atoms with Crippen molar-refractivity contribution in [1.82, 2.24) is 4.90 Å². The van der Waals surface area contributed by atoms with Crippen LogP contribution in [-0.2, 0) is 16.1 Å².